The number of benzene rings is 3. The molecular weight excluding hydrogens is 713 g/mol. The molecule has 3 aromatic carbocycles. The predicted octanol–water partition coefficient (Wildman–Crippen LogP) is 10.5. The minimum Gasteiger partial charge on any atom is -0.305 e. The molecule has 2 heterocycles. The van der Waals surface area contributed by atoms with Crippen molar-refractivity contribution >= 4 is 0 Å². The quantitative estimate of drug-likeness (QED) is 0.161. The van der Waals surface area contributed by atoms with Gasteiger partial charge in [0.2, 0.25) is 0 Å². The fourth-order valence-electron chi connectivity index (χ4n) is 5.10. The van der Waals surface area contributed by atoms with Crippen LogP contribution in [0.15, 0.2) is 97.3 Å². The van der Waals surface area contributed by atoms with Crippen molar-refractivity contribution in [1.82, 2.24) is 9.97 Å². The van der Waals surface area contributed by atoms with Crippen molar-refractivity contribution in [3.05, 3.63) is 143 Å². The smallest absolute Gasteiger partial charge is 0.0192 e. The van der Waals surface area contributed by atoms with Gasteiger partial charge in [-0.05, 0) is 58.8 Å². The second kappa shape index (κ2) is 15.1. The summed E-state index contributed by atoms with van der Waals surface area (Å²) in [7, 11) is 0. The largest absolute Gasteiger partial charge is 0.305 e. The van der Waals surface area contributed by atoms with E-state index < -0.39 is 0 Å². The maximum atomic E-state index is 4.61. The summed E-state index contributed by atoms with van der Waals surface area (Å²) in [5.41, 5.74) is 11.9. The van der Waals surface area contributed by atoms with Gasteiger partial charge in [-0.1, -0.05) is 103 Å². The van der Waals surface area contributed by atoms with Crippen molar-refractivity contribution in [3.63, 3.8) is 0 Å². The summed E-state index contributed by atoms with van der Waals surface area (Å²) in [6, 6.07) is 36.4. The average Bonchev–Trinajstić information content (AvgIpc) is 2.99. The van der Waals surface area contributed by atoms with E-state index in [2.05, 4.69) is 157 Å². The maximum absolute atomic E-state index is 4.61. The van der Waals surface area contributed by atoms with E-state index in [0.29, 0.717) is 5.92 Å². The van der Waals surface area contributed by atoms with Gasteiger partial charge in [0.05, 0.1) is 0 Å². The second-order valence-corrected chi connectivity index (χ2v) is 13.5. The Hall–Kier alpha value is -3.39. The maximum Gasteiger partial charge on any atom is 0.0192 e. The van der Waals surface area contributed by atoms with Gasteiger partial charge in [0.1, 0.15) is 0 Å². The van der Waals surface area contributed by atoms with Crippen LogP contribution in [-0.2, 0) is 37.4 Å². The molecule has 2 nitrogen and oxygen atoms in total. The number of hydrogen-bond donors (Lipinski definition) is 0. The molecule has 0 fully saturated rings. The average molecular weight is 759 g/mol. The molecule has 5 rings (SSSR count). The van der Waals surface area contributed by atoms with Gasteiger partial charge in [0.15, 0.2) is 0 Å². The second-order valence-electron chi connectivity index (χ2n) is 13.5. The first-order chi connectivity index (χ1) is 20.3. The molecule has 231 valence electrons. The van der Waals surface area contributed by atoms with Crippen LogP contribution in [-0.4, -0.2) is 9.97 Å². The molecule has 0 atom stereocenters. The summed E-state index contributed by atoms with van der Waals surface area (Å²) in [6.07, 6.45) is 4.99. The summed E-state index contributed by atoms with van der Waals surface area (Å²) in [4.78, 5) is 9.12. The molecule has 0 aliphatic heterocycles. The van der Waals surface area contributed by atoms with Crippen molar-refractivity contribution in [1.29, 1.82) is 0 Å². The van der Waals surface area contributed by atoms with Crippen LogP contribution in [0.5, 0.6) is 0 Å². The molecule has 0 unspecified atom stereocenters. The third-order valence-corrected chi connectivity index (χ3v) is 8.01. The van der Waals surface area contributed by atoms with Crippen molar-refractivity contribution < 1.29 is 20.1 Å². The first-order valence-corrected chi connectivity index (χ1v) is 15.3. The molecule has 1 radical (unpaired) electrons. The van der Waals surface area contributed by atoms with Crippen LogP contribution >= 0.6 is 0 Å². The first kappa shape index (κ1) is 35.1. The number of aryl methyl sites for hydroxylation is 2. The molecule has 0 bridgehead atoms. The van der Waals surface area contributed by atoms with Gasteiger partial charge in [-0.2, -0.15) is 0 Å². The molecule has 0 amide bonds. The molecule has 0 spiro atoms. The van der Waals surface area contributed by atoms with Crippen molar-refractivity contribution in [2.45, 2.75) is 79.6 Å². The van der Waals surface area contributed by atoms with Crippen molar-refractivity contribution in [2.75, 3.05) is 0 Å². The summed E-state index contributed by atoms with van der Waals surface area (Å²) >= 11 is 0. The third kappa shape index (κ3) is 9.07. The summed E-state index contributed by atoms with van der Waals surface area (Å²) in [6.45, 7) is 19.9. The van der Waals surface area contributed by atoms with E-state index in [9.17, 15) is 0 Å². The van der Waals surface area contributed by atoms with E-state index >= 15 is 0 Å². The Labute approximate surface area is 279 Å². The van der Waals surface area contributed by atoms with Crippen LogP contribution in [0.2, 0.25) is 0 Å². The normalized spacial score (nSPS) is 11.4. The van der Waals surface area contributed by atoms with Gasteiger partial charge in [-0.25, -0.2) is 0 Å². The van der Waals surface area contributed by atoms with Crippen LogP contribution < -0.4 is 0 Å². The Bertz CT molecular complexity index is 1630. The van der Waals surface area contributed by atoms with Gasteiger partial charge in [0, 0.05) is 37.9 Å². The van der Waals surface area contributed by atoms with Gasteiger partial charge >= 0.3 is 0 Å². The Balaban J connectivity index is 0.000000247. The number of hydrogen-bond acceptors (Lipinski definition) is 2. The zero-order valence-electron chi connectivity index (χ0n) is 27.7. The fourth-order valence-corrected chi connectivity index (χ4v) is 5.10. The number of pyridine rings is 2. The monoisotopic (exact) mass is 759 g/mol. The Morgan fingerprint density at radius 1 is 0.705 bits per heavy atom. The van der Waals surface area contributed by atoms with Crippen LogP contribution in [0.3, 0.4) is 0 Å². The van der Waals surface area contributed by atoms with Gasteiger partial charge < -0.3 is 9.97 Å². The standard InChI is InChI=1S/C24H26N.C17H20N.Ir/c1-23(2,3)20-13-9-10-18(16-20)22-17-21(14-15-25-22)24(4,5)19-11-7-6-8-12-19;1-12(2)9-16-10-17(18-11-14(16)4)15-7-5-13(3)6-8-15;/h6-9,11-17H,1-5H3;5-7,10-12H,9H2,1-4H3;/q2*-1;. The van der Waals surface area contributed by atoms with E-state index in [4.69, 9.17) is 0 Å². The SMILES string of the molecule is CC(C)(C)c1cc[c-]c(-c2cc(C(C)(C)c3ccccc3)ccn2)c1.Cc1c[c-]c(-c2cc(CC(C)C)c(C)cn2)cc1.[Ir]. The summed E-state index contributed by atoms with van der Waals surface area (Å²) in [5, 5.41) is 0. The Morgan fingerprint density at radius 3 is 2.05 bits per heavy atom. The van der Waals surface area contributed by atoms with Crippen LogP contribution in [0.25, 0.3) is 22.5 Å². The minimum absolute atomic E-state index is 0. The molecule has 5 aromatic rings. The third-order valence-electron chi connectivity index (χ3n) is 8.01. The van der Waals surface area contributed by atoms with Crippen LogP contribution in [0, 0.1) is 31.9 Å². The zero-order chi connectivity index (χ0) is 31.2. The van der Waals surface area contributed by atoms with Crippen LogP contribution in [0.4, 0.5) is 0 Å². The fraction of sp³-hybridized carbons (Fsp3) is 0.317. The number of nitrogens with zero attached hydrogens (tertiary/aromatic N) is 2. The molecule has 0 saturated carbocycles. The molecule has 44 heavy (non-hydrogen) atoms. The molecular formula is C41H46IrN2-2. The van der Waals surface area contributed by atoms with Gasteiger partial charge in [-0.15, -0.1) is 70.8 Å². The minimum atomic E-state index is -0.0689. The summed E-state index contributed by atoms with van der Waals surface area (Å²) < 4.78 is 0. The molecule has 0 aliphatic rings. The number of rotatable bonds is 6. The van der Waals surface area contributed by atoms with Gasteiger partial charge in [-0.3, -0.25) is 0 Å². The predicted molar refractivity (Wildman–Crippen MR) is 182 cm³/mol. The van der Waals surface area contributed by atoms with E-state index in [1.165, 1.54) is 33.4 Å². The Kier molecular flexibility index (Phi) is 12.0. The summed E-state index contributed by atoms with van der Waals surface area (Å²) in [5.74, 6) is 0.668. The topological polar surface area (TPSA) is 25.8 Å². The van der Waals surface area contributed by atoms with Crippen LogP contribution in [0.1, 0.15) is 81.8 Å². The van der Waals surface area contributed by atoms with E-state index in [0.717, 1.165) is 28.9 Å². The first-order valence-electron chi connectivity index (χ1n) is 15.3. The zero-order valence-corrected chi connectivity index (χ0v) is 30.1. The van der Waals surface area contributed by atoms with Crippen molar-refractivity contribution in [3.8, 4) is 22.5 Å². The van der Waals surface area contributed by atoms with E-state index in [-0.39, 0.29) is 30.9 Å². The number of aromatic nitrogens is 2. The molecule has 2 aromatic heterocycles. The van der Waals surface area contributed by atoms with E-state index in [1.54, 1.807) is 0 Å². The molecule has 0 aliphatic carbocycles. The molecule has 3 heteroatoms. The molecule has 0 N–H and O–H groups in total. The van der Waals surface area contributed by atoms with Crippen molar-refractivity contribution in [2.24, 2.45) is 5.92 Å². The van der Waals surface area contributed by atoms with E-state index in [1.807, 2.05) is 24.5 Å². The van der Waals surface area contributed by atoms with Gasteiger partial charge in [0.25, 0.3) is 0 Å². The molecule has 0 saturated heterocycles. The Morgan fingerprint density at radius 2 is 1.41 bits per heavy atom.